The minimum absolute atomic E-state index is 0.000116. The van der Waals surface area contributed by atoms with Gasteiger partial charge in [-0.05, 0) is 79.7 Å². The molecule has 0 bridgehead atoms. The summed E-state index contributed by atoms with van der Waals surface area (Å²) in [4.78, 5) is 3.74. The average Bonchev–Trinajstić information content (AvgIpc) is 3.38. The van der Waals surface area contributed by atoms with Gasteiger partial charge in [0.15, 0.2) is 0 Å². The second-order valence-corrected chi connectivity index (χ2v) is 10.0. The lowest BCUT2D eigenvalue weighted by atomic mass is 9.75. The molecule has 1 fully saturated rings. The smallest absolute Gasteiger partial charge is 0.143 e. The van der Waals surface area contributed by atoms with Crippen LogP contribution in [0, 0.1) is 0 Å². The molecule has 0 aliphatic carbocycles. The highest BCUT2D eigenvalue weighted by molar-refractivity contribution is 7.10. The van der Waals surface area contributed by atoms with Gasteiger partial charge in [-0.3, -0.25) is 0 Å². The van der Waals surface area contributed by atoms with Crippen LogP contribution in [0.3, 0.4) is 0 Å². The van der Waals surface area contributed by atoms with E-state index in [0.717, 1.165) is 57.6 Å². The maximum atomic E-state index is 9.94. The molecule has 174 valence electrons. The summed E-state index contributed by atoms with van der Waals surface area (Å²) in [5, 5.41) is 19.2. The number of benzene rings is 2. The number of fused-ring (bicyclic) bond motifs is 2. The van der Waals surface area contributed by atoms with Gasteiger partial charge in [-0.25, -0.2) is 0 Å². The van der Waals surface area contributed by atoms with E-state index in [1.54, 1.807) is 11.3 Å². The zero-order valence-electron chi connectivity index (χ0n) is 19.2. The summed E-state index contributed by atoms with van der Waals surface area (Å²) < 4.78 is 6.64. The maximum absolute atomic E-state index is 9.94. The van der Waals surface area contributed by atoms with Crippen molar-refractivity contribution in [2.75, 3.05) is 38.1 Å². The van der Waals surface area contributed by atoms with Gasteiger partial charge in [0.25, 0.3) is 0 Å². The third-order valence-electron chi connectivity index (χ3n) is 7.07. The van der Waals surface area contributed by atoms with E-state index < -0.39 is 0 Å². The Bertz CT molecular complexity index is 1060. The molecule has 1 unspecified atom stereocenters. The van der Waals surface area contributed by atoms with E-state index in [9.17, 15) is 5.11 Å². The van der Waals surface area contributed by atoms with Gasteiger partial charge in [-0.2, -0.15) is 0 Å². The molecule has 3 N–H and O–H groups in total. The third kappa shape index (κ3) is 4.60. The van der Waals surface area contributed by atoms with Gasteiger partial charge < -0.3 is 25.4 Å². The summed E-state index contributed by atoms with van der Waals surface area (Å²) >= 11 is 1.76. The van der Waals surface area contributed by atoms with Crippen LogP contribution < -0.4 is 20.3 Å². The molecule has 1 atom stereocenters. The molecule has 0 saturated carbocycles. The van der Waals surface area contributed by atoms with Crippen molar-refractivity contribution in [3.63, 3.8) is 0 Å². The number of nitrogens with zero attached hydrogens (tertiary/aromatic N) is 1. The zero-order chi connectivity index (χ0) is 22.7. The predicted molar refractivity (Wildman–Crippen MR) is 136 cm³/mol. The number of thiophene rings is 1. The zero-order valence-corrected chi connectivity index (χ0v) is 20.0. The number of phenols is 1. The maximum Gasteiger partial charge on any atom is 0.143 e. The Morgan fingerprint density at radius 2 is 2.00 bits per heavy atom. The fourth-order valence-corrected chi connectivity index (χ4v) is 6.13. The van der Waals surface area contributed by atoms with Crippen molar-refractivity contribution in [1.29, 1.82) is 0 Å². The first-order valence-electron chi connectivity index (χ1n) is 11.9. The predicted octanol–water partition coefficient (Wildman–Crippen LogP) is 4.82. The van der Waals surface area contributed by atoms with Gasteiger partial charge in [-0.15, -0.1) is 11.3 Å². The molecule has 3 heterocycles. The fraction of sp³-hybridized carbons (Fsp3) is 0.407. The van der Waals surface area contributed by atoms with E-state index in [4.69, 9.17) is 4.74 Å². The van der Waals surface area contributed by atoms with Crippen LogP contribution in [0.25, 0.3) is 0 Å². The molecule has 3 aromatic rings. The number of aromatic hydroxyl groups is 1. The van der Waals surface area contributed by atoms with Crippen LogP contribution in [-0.4, -0.2) is 38.3 Å². The van der Waals surface area contributed by atoms with Gasteiger partial charge in [-0.1, -0.05) is 24.3 Å². The molecular formula is C27H33N3O2S. The number of ether oxygens (including phenoxy) is 1. The molecule has 5 rings (SSSR count). The second-order valence-electron chi connectivity index (χ2n) is 9.07. The summed E-state index contributed by atoms with van der Waals surface area (Å²) in [6, 6.07) is 18.6. The molecule has 2 aromatic carbocycles. The quantitative estimate of drug-likeness (QED) is 0.469. The van der Waals surface area contributed by atoms with Gasteiger partial charge in [0.2, 0.25) is 0 Å². The monoisotopic (exact) mass is 463 g/mol. The SMILES string of the molecule is CNCCC(Oc1ccccc1N1CCC2(CC1)NCCc1cc(O)ccc12)c1cccs1. The molecule has 1 saturated heterocycles. The van der Waals surface area contributed by atoms with Crippen molar-refractivity contribution >= 4 is 17.0 Å². The Kier molecular flexibility index (Phi) is 6.58. The van der Waals surface area contributed by atoms with Crippen LogP contribution in [0.2, 0.25) is 0 Å². The number of rotatable bonds is 7. The molecule has 2 aliphatic heterocycles. The Hall–Kier alpha value is -2.54. The van der Waals surface area contributed by atoms with Crippen LogP contribution in [0.5, 0.6) is 11.5 Å². The number of hydrogen-bond donors (Lipinski definition) is 3. The molecule has 2 aliphatic rings. The van der Waals surface area contributed by atoms with Crippen molar-refractivity contribution in [1.82, 2.24) is 10.6 Å². The highest BCUT2D eigenvalue weighted by atomic mass is 32.1. The average molecular weight is 464 g/mol. The summed E-state index contributed by atoms with van der Waals surface area (Å²) in [6.45, 7) is 3.81. The third-order valence-corrected chi connectivity index (χ3v) is 8.04. The Balaban J connectivity index is 1.34. The van der Waals surface area contributed by atoms with E-state index in [2.05, 4.69) is 63.4 Å². The first-order chi connectivity index (χ1) is 16.2. The number of anilines is 1. The molecule has 1 spiro atoms. The van der Waals surface area contributed by atoms with Gasteiger partial charge in [0.05, 0.1) is 5.69 Å². The summed E-state index contributed by atoms with van der Waals surface area (Å²) in [5.41, 5.74) is 3.83. The highest BCUT2D eigenvalue weighted by Crippen LogP contribution is 2.42. The number of nitrogens with one attached hydrogen (secondary N) is 2. The van der Waals surface area contributed by atoms with Crippen LogP contribution in [-0.2, 0) is 12.0 Å². The largest absolute Gasteiger partial charge is 0.508 e. The minimum atomic E-state index is -0.000116. The standard InChI is InChI=1S/C27H33N3O2S/c1-28-14-11-25(26-7-4-18-33-26)32-24-6-3-2-5-23(24)30-16-12-27(13-17-30)22-9-8-21(31)19-20(22)10-15-29-27/h2-9,18-19,25,28-29,31H,10-17H2,1H3. The lowest BCUT2D eigenvalue weighted by molar-refractivity contribution is 0.197. The molecule has 1 aromatic heterocycles. The number of hydrogen-bond acceptors (Lipinski definition) is 6. The van der Waals surface area contributed by atoms with E-state index in [0.29, 0.717) is 5.75 Å². The van der Waals surface area contributed by atoms with Crippen LogP contribution in [0.1, 0.15) is 41.4 Å². The topological polar surface area (TPSA) is 56.8 Å². The minimum Gasteiger partial charge on any atom is -0.508 e. The van der Waals surface area contributed by atoms with E-state index in [1.165, 1.54) is 21.7 Å². The van der Waals surface area contributed by atoms with Crippen LogP contribution in [0.4, 0.5) is 5.69 Å². The fourth-order valence-electron chi connectivity index (χ4n) is 5.34. The number of phenolic OH excluding ortho intramolecular Hbond substituents is 1. The Morgan fingerprint density at radius 3 is 2.79 bits per heavy atom. The van der Waals surface area contributed by atoms with Crippen LogP contribution >= 0.6 is 11.3 Å². The summed E-state index contributed by atoms with van der Waals surface area (Å²) in [7, 11) is 1.99. The van der Waals surface area contributed by atoms with Crippen molar-refractivity contribution < 1.29 is 9.84 Å². The molecule has 0 amide bonds. The van der Waals surface area contributed by atoms with Crippen molar-refractivity contribution in [2.45, 2.75) is 37.3 Å². The van der Waals surface area contributed by atoms with Crippen molar-refractivity contribution in [3.8, 4) is 11.5 Å². The molecule has 5 nitrogen and oxygen atoms in total. The normalized spacial score (nSPS) is 18.2. The highest BCUT2D eigenvalue weighted by Gasteiger charge is 2.39. The lowest BCUT2D eigenvalue weighted by Gasteiger charge is -2.47. The van der Waals surface area contributed by atoms with E-state index in [-0.39, 0.29) is 11.6 Å². The first-order valence-corrected chi connectivity index (χ1v) is 12.8. The Labute approximate surface area is 200 Å². The molecule has 33 heavy (non-hydrogen) atoms. The van der Waals surface area contributed by atoms with Gasteiger partial charge in [0.1, 0.15) is 17.6 Å². The van der Waals surface area contributed by atoms with E-state index in [1.807, 2.05) is 19.2 Å². The first kappa shape index (κ1) is 22.3. The molecule has 6 heteroatoms. The summed E-state index contributed by atoms with van der Waals surface area (Å²) in [6.07, 6.45) is 4.03. The molecular weight excluding hydrogens is 430 g/mol. The van der Waals surface area contributed by atoms with E-state index >= 15 is 0 Å². The number of para-hydroxylation sites is 2. The van der Waals surface area contributed by atoms with Crippen molar-refractivity contribution in [2.24, 2.45) is 0 Å². The summed E-state index contributed by atoms with van der Waals surface area (Å²) in [5.74, 6) is 1.33. The van der Waals surface area contributed by atoms with Gasteiger partial charge in [0, 0.05) is 36.5 Å². The lowest BCUT2D eigenvalue weighted by Crippen LogP contribution is -2.54. The number of piperidine rings is 1. The molecule has 0 radical (unpaired) electrons. The van der Waals surface area contributed by atoms with Crippen LogP contribution in [0.15, 0.2) is 60.0 Å². The second kappa shape index (κ2) is 9.75. The van der Waals surface area contributed by atoms with Crippen molar-refractivity contribution in [3.05, 3.63) is 76.0 Å². The Morgan fingerprint density at radius 1 is 1.15 bits per heavy atom. The van der Waals surface area contributed by atoms with Gasteiger partial charge >= 0.3 is 0 Å².